The van der Waals surface area contributed by atoms with Crippen molar-refractivity contribution < 1.29 is 23.1 Å². The molecule has 0 heterocycles. The van der Waals surface area contributed by atoms with Gasteiger partial charge < -0.3 is 10.4 Å². The lowest BCUT2D eigenvalue weighted by molar-refractivity contribution is -0.137. The fourth-order valence-electron chi connectivity index (χ4n) is 2.06. The molecule has 2 N–H and O–H groups in total. The first-order valence-corrected chi connectivity index (χ1v) is 6.29. The van der Waals surface area contributed by atoms with Gasteiger partial charge in [0.25, 0.3) is 0 Å². The average Bonchev–Trinajstić information content (AvgIpc) is 2.26. The second-order valence-electron chi connectivity index (χ2n) is 5.32. The number of hydrogen-bond donors (Lipinski definition) is 2. The molecule has 0 bridgehead atoms. The smallest absolute Gasteiger partial charge is 0.416 e. The van der Waals surface area contributed by atoms with Gasteiger partial charge >= 0.3 is 12.1 Å². The summed E-state index contributed by atoms with van der Waals surface area (Å²) in [7, 11) is 0. The Morgan fingerprint density at radius 2 is 1.90 bits per heavy atom. The predicted octanol–water partition coefficient (Wildman–Crippen LogP) is 4.39. The van der Waals surface area contributed by atoms with Gasteiger partial charge in [0.05, 0.1) is 11.1 Å². The summed E-state index contributed by atoms with van der Waals surface area (Å²) in [6.45, 7) is 5.73. The fourth-order valence-corrected chi connectivity index (χ4v) is 2.06. The molecule has 0 aliphatic heterocycles. The predicted molar refractivity (Wildman–Crippen MR) is 71.0 cm³/mol. The van der Waals surface area contributed by atoms with Crippen molar-refractivity contribution in [3.63, 3.8) is 0 Å². The molecule has 0 radical (unpaired) electrons. The van der Waals surface area contributed by atoms with Crippen molar-refractivity contribution in [2.45, 2.75) is 45.3 Å². The molecule has 0 saturated heterocycles. The van der Waals surface area contributed by atoms with Crippen molar-refractivity contribution >= 4 is 11.7 Å². The first kappa shape index (κ1) is 16.3. The van der Waals surface area contributed by atoms with Crippen LogP contribution in [0.4, 0.5) is 18.9 Å². The molecular weight excluding hydrogens is 271 g/mol. The van der Waals surface area contributed by atoms with Gasteiger partial charge in [0.2, 0.25) is 0 Å². The summed E-state index contributed by atoms with van der Waals surface area (Å²) >= 11 is 0. The molecule has 0 aliphatic carbocycles. The Hall–Kier alpha value is -1.72. The van der Waals surface area contributed by atoms with E-state index in [1.165, 1.54) is 6.07 Å². The highest BCUT2D eigenvalue weighted by atomic mass is 19.4. The quantitative estimate of drug-likeness (QED) is 0.845. The van der Waals surface area contributed by atoms with Crippen molar-refractivity contribution in [2.75, 3.05) is 5.32 Å². The molecule has 112 valence electrons. The summed E-state index contributed by atoms with van der Waals surface area (Å²) in [4.78, 5) is 11.1. The third kappa shape index (κ3) is 4.15. The number of halogens is 3. The number of hydrogen-bond acceptors (Lipinski definition) is 2. The summed E-state index contributed by atoms with van der Waals surface area (Å²) in [6, 6.07) is 2.72. The minimum absolute atomic E-state index is 0.198. The number of nitrogens with one attached hydrogen (secondary N) is 1. The van der Waals surface area contributed by atoms with E-state index in [4.69, 9.17) is 5.11 Å². The number of aromatic carboxylic acids is 1. The lowest BCUT2D eigenvalue weighted by Crippen LogP contribution is -2.31. The lowest BCUT2D eigenvalue weighted by atomic mass is 9.97. The molecule has 0 aromatic heterocycles. The van der Waals surface area contributed by atoms with Crippen LogP contribution in [0, 0.1) is 0 Å². The van der Waals surface area contributed by atoms with Crippen molar-refractivity contribution in [1.82, 2.24) is 0 Å². The monoisotopic (exact) mass is 289 g/mol. The maximum atomic E-state index is 12.6. The van der Waals surface area contributed by atoms with Crippen LogP contribution in [-0.4, -0.2) is 16.6 Å². The van der Waals surface area contributed by atoms with E-state index in [0.717, 1.165) is 18.9 Å². The summed E-state index contributed by atoms with van der Waals surface area (Å²) in [5, 5.41) is 12.1. The average molecular weight is 289 g/mol. The number of rotatable bonds is 5. The van der Waals surface area contributed by atoms with E-state index in [9.17, 15) is 18.0 Å². The lowest BCUT2D eigenvalue weighted by Gasteiger charge is -2.28. The van der Waals surface area contributed by atoms with Gasteiger partial charge in [-0.3, -0.25) is 0 Å². The highest BCUT2D eigenvalue weighted by Gasteiger charge is 2.32. The van der Waals surface area contributed by atoms with Gasteiger partial charge in [-0.25, -0.2) is 4.79 Å². The van der Waals surface area contributed by atoms with E-state index in [-0.39, 0.29) is 11.3 Å². The highest BCUT2D eigenvalue weighted by molar-refractivity contribution is 5.94. The maximum Gasteiger partial charge on any atom is 0.416 e. The zero-order valence-corrected chi connectivity index (χ0v) is 11.6. The first-order chi connectivity index (χ1) is 9.07. The summed E-state index contributed by atoms with van der Waals surface area (Å²) in [5.74, 6) is -1.38. The van der Waals surface area contributed by atoms with Gasteiger partial charge in [-0.2, -0.15) is 13.2 Å². The largest absolute Gasteiger partial charge is 0.478 e. The Bertz CT molecular complexity index is 496. The summed E-state index contributed by atoms with van der Waals surface area (Å²) < 4.78 is 37.8. The molecule has 0 amide bonds. The number of carboxylic acids is 1. The van der Waals surface area contributed by atoms with Gasteiger partial charge in [0.1, 0.15) is 0 Å². The second-order valence-corrected chi connectivity index (χ2v) is 5.32. The Balaban J connectivity index is 3.18. The van der Waals surface area contributed by atoms with Crippen LogP contribution in [0.2, 0.25) is 0 Å². The van der Waals surface area contributed by atoms with Gasteiger partial charge in [0.15, 0.2) is 0 Å². The normalized spacial score (nSPS) is 12.3. The number of alkyl halides is 3. The van der Waals surface area contributed by atoms with Crippen LogP contribution in [0.15, 0.2) is 18.2 Å². The molecule has 0 saturated carbocycles. The van der Waals surface area contributed by atoms with Crippen molar-refractivity contribution in [3.8, 4) is 0 Å². The van der Waals surface area contributed by atoms with Crippen molar-refractivity contribution in [3.05, 3.63) is 29.3 Å². The Morgan fingerprint density at radius 3 is 2.35 bits per heavy atom. The number of anilines is 1. The maximum absolute atomic E-state index is 12.6. The van der Waals surface area contributed by atoms with Crippen LogP contribution in [0.25, 0.3) is 0 Å². The minimum atomic E-state index is -4.55. The zero-order chi connectivity index (χ0) is 15.6. The van der Waals surface area contributed by atoms with E-state index < -0.39 is 23.2 Å². The zero-order valence-electron chi connectivity index (χ0n) is 11.6. The van der Waals surface area contributed by atoms with Gasteiger partial charge in [0, 0.05) is 11.2 Å². The molecule has 6 heteroatoms. The Labute approximate surface area is 115 Å². The van der Waals surface area contributed by atoms with Gasteiger partial charge in [-0.1, -0.05) is 13.3 Å². The Kier molecular flexibility index (Phi) is 4.68. The molecule has 1 rings (SSSR count). The second kappa shape index (κ2) is 5.73. The number of carboxylic acid groups (broad SMARTS) is 1. The van der Waals surface area contributed by atoms with E-state index in [0.29, 0.717) is 6.07 Å². The number of benzene rings is 1. The molecule has 0 unspecified atom stereocenters. The van der Waals surface area contributed by atoms with Crippen molar-refractivity contribution in [1.29, 1.82) is 0 Å². The summed E-state index contributed by atoms with van der Waals surface area (Å²) in [5.41, 5.74) is -1.53. The van der Waals surface area contributed by atoms with E-state index in [1.807, 2.05) is 20.8 Å². The van der Waals surface area contributed by atoms with Crippen LogP contribution in [0.1, 0.15) is 49.5 Å². The van der Waals surface area contributed by atoms with Crippen LogP contribution >= 0.6 is 0 Å². The Morgan fingerprint density at radius 1 is 1.30 bits per heavy atom. The van der Waals surface area contributed by atoms with E-state index in [2.05, 4.69) is 5.32 Å². The van der Waals surface area contributed by atoms with E-state index >= 15 is 0 Å². The first-order valence-electron chi connectivity index (χ1n) is 6.29. The summed E-state index contributed by atoms with van der Waals surface area (Å²) in [6.07, 6.45) is -2.90. The third-order valence-corrected chi connectivity index (χ3v) is 2.93. The molecule has 3 nitrogen and oxygen atoms in total. The molecule has 20 heavy (non-hydrogen) atoms. The standard InChI is InChI=1S/C14H18F3NO2/c1-4-7-13(2,3)18-11-6-5-9(14(15,16)17)8-10(11)12(19)20/h5-6,8,18H,4,7H2,1-3H3,(H,19,20). The van der Waals surface area contributed by atoms with E-state index in [1.54, 1.807) is 0 Å². The van der Waals surface area contributed by atoms with Crippen LogP contribution in [-0.2, 0) is 6.18 Å². The third-order valence-electron chi connectivity index (χ3n) is 2.93. The fraction of sp³-hybridized carbons (Fsp3) is 0.500. The highest BCUT2D eigenvalue weighted by Crippen LogP contribution is 2.33. The topological polar surface area (TPSA) is 49.3 Å². The molecule has 1 aromatic rings. The van der Waals surface area contributed by atoms with Crippen molar-refractivity contribution in [2.24, 2.45) is 0 Å². The molecule has 0 atom stereocenters. The number of carbonyl (C=O) groups is 1. The molecule has 0 spiro atoms. The molecular formula is C14H18F3NO2. The van der Waals surface area contributed by atoms with Crippen LogP contribution in [0.3, 0.4) is 0 Å². The molecule has 0 aliphatic rings. The minimum Gasteiger partial charge on any atom is -0.478 e. The van der Waals surface area contributed by atoms with Gasteiger partial charge in [-0.15, -0.1) is 0 Å². The van der Waals surface area contributed by atoms with Crippen LogP contribution < -0.4 is 5.32 Å². The SMILES string of the molecule is CCCC(C)(C)Nc1ccc(C(F)(F)F)cc1C(=O)O. The van der Waals surface area contributed by atoms with Crippen LogP contribution in [0.5, 0.6) is 0 Å². The molecule has 1 aromatic carbocycles. The van der Waals surface area contributed by atoms with Gasteiger partial charge in [-0.05, 0) is 38.5 Å². The molecule has 0 fully saturated rings.